The number of nitrogens with two attached hydrogens (primary N) is 1. The molecule has 0 aliphatic carbocycles. The molecule has 1 atom stereocenters. The van der Waals surface area contributed by atoms with Crippen LogP contribution >= 0.6 is 0 Å². The summed E-state index contributed by atoms with van der Waals surface area (Å²) in [4.78, 5) is 14.0. The van der Waals surface area contributed by atoms with Gasteiger partial charge in [0.25, 0.3) is 0 Å². The molecule has 0 spiro atoms. The van der Waals surface area contributed by atoms with Crippen molar-refractivity contribution in [1.29, 1.82) is 0 Å². The molecular formula is C14H28N2O. The van der Waals surface area contributed by atoms with Crippen LogP contribution in [-0.4, -0.2) is 29.9 Å². The molecule has 1 unspecified atom stereocenters. The average Bonchev–Trinajstić information content (AvgIpc) is 2.27. The molecule has 1 amide bonds. The first-order chi connectivity index (χ1) is 7.84. The zero-order valence-electron chi connectivity index (χ0n) is 11.8. The highest BCUT2D eigenvalue weighted by Gasteiger charge is 2.30. The van der Waals surface area contributed by atoms with Crippen LogP contribution in [0, 0.1) is 11.3 Å². The molecule has 100 valence electrons. The van der Waals surface area contributed by atoms with Gasteiger partial charge in [-0.2, -0.15) is 0 Å². The molecular weight excluding hydrogens is 212 g/mol. The van der Waals surface area contributed by atoms with Gasteiger partial charge in [0.15, 0.2) is 0 Å². The van der Waals surface area contributed by atoms with Crippen molar-refractivity contribution < 1.29 is 4.79 Å². The van der Waals surface area contributed by atoms with Crippen LogP contribution in [-0.2, 0) is 4.79 Å². The zero-order valence-corrected chi connectivity index (χ0v) is 11.8. The minimum absolute atomic E-state index is 0.0304. The van der Waals surface area contributed by atoms with Gasteiger partial charge in [0.2, 0.25) is 5.91 Å². The van der Waals surface area contributed by atoms with Crippen LogP contribution in [0.2, 0.25) is 0 Å². The molecule has 0 aromatic carbocycles. The highest BCUT2D eigenvalue weighted by atomic mass is 16.2. The molecule has 0 radical (unpaired) electrons. The van der Waals surface area contributed by atoms with Gasteiger partial charge in [0, 0.05) is 25.6 Å². The fraction of sp³-hybridized carbons (Fsp3) is 0.929. The smallest absolute Gasteiger partial charge is 0.224 e. The molecule has 0 aromatic heterocycles. The lowest BCUT2D eigenvalue weighted by atomic mass is 9.75. The summed E-state index contributed by atoms with van der Waals surface area (Å²) in [5, 5.41) is 0. The van der Waals surface area contributed by atoms with E-state index in [0.29, 0.717) is 11.8 Å². The SMILES string of the molecule is CCC(N)CC(=O)N1CCC(C(C)(C)C)CC1. The second-order valence-electron chi connectivity index (χ2n) is 6.39. The van der Waals surface area contributed by atoms with E-state index in [1.807, 2.05) is 11.8 Å². The lowest BCUT2D eigenvalue weighted by molar-refractivity contribution is -0.133. The van der Waals surface area contributed by atoms with E-state index < -0.39 is 0 Å². The maximum atomic E-state index is 12.0. The summed E-state index contributed by atoms with van der Waals surface area (Å²) in [6, 6.07) is 0.0304. The van der Waals surface area contributed by atoms with Crippen LogP contribution in [0.25, 0.3) is 0 Å². The van der Waals surface area contributed by atoms with Crippen LogP contribution in [0.1, 0.15) is 53.4 Å². The van der Waals surface area contributed by atoms with Gasteiger partial charge in [-0.25, -0.2) is 0 Å². The maximum Gasteiger partial charge on any atom is 0.224 e. The maximum absolute atomic E-state index is 12.0. The van der Waals surface area contributed by atoms with E-state index in [1.54, 1.807) is 0 Å². The fourth-order valence-electron chi connectivity index (χ4n) is 2.49. The highest BCUT2D eigenvalue weighted by Crippen LogP contribution is 2.34. The number of nitrogens with zero attached hydrogens (tertiary/aromatic N) is 1. The van der Waals surface area contributed by atoms with Gasteiger partial charge in [0.05, 0.1) is 0 Å². The number of amides is 1. The molecule has 1 aliphatic rings. The number of hydrogen-bond acceptors (Lipinski definition) is 2. The Morgan fingerprint density at radius 1 is 1.35 bits per heavy atom. The Morgan fingerprint density at radius 3 is 2.29 bits per heavy atom. The van der Waals surface area contributed by atoms with E-state index in [0.717, 1.165) is 38.3 Å². The molecule has 0 bridgehead atoms. The quantitative estimate of drug-likeness (QED) is 0.823. The second-order valence-corrected chi connectivity index (χ2v) is 6.39. The lowest BCUT2D eigenvalue weighted by Crippen LogP contribution is -2.43. The third-order valence-electron chi connectivity index (χ3n) is 4.03. The van der Waals surface area contributed by atoms with Crippen molar-refractivity contribution in [1.82, 2.24) is 4.90 Å². The predicted octanol–water partition coefficient (Wildman–Crippen LogP) is 2.40. The van der Waals surface area contributed by atoms with Gasteiger partial charge in [-0.3, -0.25) is 4.79 Å². The Hall–Kier alpha value is -0.570. The zero-order chi connectivity index (χ0) is 13.1. The molecule has 1 saturated heterocycles. The molecule has 17 heavy (non-hydrogen) atoms. The third kappa shape index (κ3) is 4.30. The normalized spacial score (nSPS) is 20.4. The topological polar surface area (TPSA) is 46.3 Å². The van der Waals surface area contributed by atoms with Crippen molar-refractivity contribution in [3.63, 3.8) is 0 Å². The molecule has 1 rings (SSSR count). The number of rotatable bonds is 3. The summed E-state index contributed by atoms with van der Waals surface area (Å²) in [5.74, 6) is 0.984. The van der Waals surface area contributed by atoms with Crippen molar-refractivity contribution in [2.45, 2.75) is 59.4 Å². The van der Waals surface area contributed by atoms with Crippen LogP contribution < -0.4 is 5.73 Å². The van der Waals surface area contributed by atoms with E-state index in [2.05, 4.69) is 20.8 Å². The Kier molecular flexibility index (Phi) is 4.99. The van der Waals surface area contributed by atoms with Crippen molar-refractivity contribution in [3.05, 3.63) is 0 Å². The summed E-state index contributed by atoms with van der Waals surface area (Å²) < 4.78 is 0. The molecule has 3 nitrogen and oxygen atoms in total. The van der Waals surface area contributed by atoms with E-state index in [1.165, 1.54) is 0 Å². The molecule has 1 heterocycles. The van der Waals surface area contributed by atoms with Gasteiger partial charge in [-0.05, 0) is 30.6 Å². The van der Waals surface area contributed by atoms with Crippen LogP contribution in [0.5, 0.6) is 0 Å². The van der Waals surface area contributed by atoms with E-state index in [-0.39, 0.29) is 11.9 Å². The lowest BCUT2D eigenvalue weighted by Gasteiger charge is -2.39. The van der Waals surface area contributed by atoms with E-state index >= 15 is 0 Å². The predicted molar refractivity (Wildman–Crippen MR) is 71.6 cm³/mol. The summed E-state index contributed by atoms with van der Waals surface area (Å²) in [7, 11) is 0. The highest BCUT2D eigenvalue weighted by molar-refractivity contribution is 5.76. The van der Waals surface area contributed by atoms with Gasteiger partial charge < -0.3 is 10.6 Å². The van der Waals surface area contributed by atoms with Crippen LogP contribution in [0.3, 0.4) is 0 Å². The minimum atomic E-state index is 0.0304. The Labute approximate surface area is 106 Å². The number of likely N-dealkylation sites (tertiary alicyclic amines) is 1. The standard InChI is InChI=1S/C14H28N2O/c1-5-12(15)10-13(17)16-8-6-11(7-9-16)14(2,3)4/h11-12H,5-10,15H2,1-4H3. The van der Waals surface area contributed by atoms with Gasteiger partial charge in [-0.1, -0.05) is 27.7 Å². The summed E-state index contributed by atoms with van der Waals surface area (Å²) in [6.45, 7) is 10.7. The summed E-state index contributed by atoms with van der Waals surface area (Å²) >= 11 is 0. The van der Waals surface area contributed by atoms with Crippen molar-refractivity contribution in [3.8, 4) is 0 Å². The van der Waals surface area contributed by atoms with E-state index in [4.69, 9.17) is 5.73 Å². The van der Waals surface area contributed by atoms with Crippen LogP contribution in [0.15, 0.2) is 0 Å². The number of carbonyl (C=O) groups excluding carboxylic acids is 1. The van der Waals surface area contributed by atoms with Gasteiger partial charge >= 0.3 is 0 Å². The minimum Gasteiger partial charge on any atom is -0.343 e. The Balaban J connectivity index is 2.39. The molecule has 3 heteroatoms. The summed E-state index contributed by atoms with van der Waals surface area (Å²) in [6.07, 6.45) is 3.66. The average molecular weight is 240 g/mol. The first-order valence-corrected chi connectivity index (χ1v) is 6.88. The number of piperidine rings is 1. The van der Waals surface area contributed by atoms with Gasteiger partial charge in [-0.15, -0.1) is 0 Å². The molecule has 1 aliphatic heterocycles. The second kappa shape index (κ2) is 5.85. The van der Waals surface area contributed by atoms with Crippen molar-refractivity contribution in [2.24, 2.45) is 17.1 Å². The summed E-state index contributed by atoms with van der Waals surface area (Å²) in [5.41, 5.74) is 6.20. The number of carbonyl (C=O) groups is 1. The van der Waals surface area contributed by atoms with E-state index in [9.17, 15) is 4.79 Å². The van der Waals surface area contributed by atoms with Crippen LogP contribution in [0.4, 0.5) is 0 Å². The van der Waals surface area contributed by atoms with Gasteiger partial charge in [0.1, 0.15) is 0 Å². The Bertz CT molecular complexity index is 249. The Morgan fingerprint density at radius 2 is 1.88 bits per heavy atom. The largest absolute Gasteiger partial charge is 0.343 e. The van der Waals surface area contributed by atoms with Crippen molar-refractivity contribution in [2.75, 3.05) is 13.1 Å². The fourth-order valence-corrected chi connectivity index (χ4v) is 2.49. The molecule has 2 N–H and O–H groups in total. The van der Waals surface area contributed by atoms with Crippen molar-refractivity contribution >= 4 is 5.91 Å². The first-order valence-electron chi connectivity index (χ1n) is 6.88. The first kappa shape index (κ1) is 14.5. The molecule has 0 aromatic rings. The number of hydrogen-bond donors (Lipinski definition) is 1. The molecule has 0 saturated carbocycles. The monoisotopic (exact) mass is 240 g/mol. The molecule has 1 fully saturated rings. The third-order valence-corrected chi connectivity index (χ3v) is 4.03.